The van der Waals surface area contributed by atoms with Crippen LogP contribution in [-0.2, 0) is 11.2 Å². The maximum Gasteiger partial charge on any atom is 0.277 e. The number of rotatable bonds is 8. The third kappa shape index (κ3) is 6.46. The molecule has 0 aliphatic carbocycles. The second-order valence-corrected chi connectivity index (χ2v) is 7.42. The van der Waals surface area contributed by atoms with E-state index in [2.05, 4.69) is 49.3 Å². The Morgan fingerprint density at radius 3 is 2.69 bits per heavy atom. The molecule has 2 N–H and O–H groups in total. The van der Waals surface area contributed by atoms with Crippen molar-refractivity contribution in [3.8, 4) is 11.5 Å². The van der Waals surface area contributed by atoms with Crippen LogP contribution < -0.4 is 10.2 Å². The van der Waals surface area contributed by atoms with Crippen LogP contribution in [-0.4, -0.2) is 23.8 Å². The molecule has 0 radical (unpaired) electrons. The van der Waals surface area contributed by atoms with Gasteiger partial charge in [0.25, 0.3) is 5.91 Å². The average Bonchev–Trinajstić information content (AvgIpc) is 2.63. The van der Waals surface area contributed by atoms with Gasteiger partial charge in [-0.25, -0.2) is 5.43 Å². The zero-order valence-corrected chi connectivity index (χ0v) is 17.5. The van der Waals surface area contributed by atoms with Crippen molar-refractivity contribution in [3.63, 3.8) is 0 Å². The Morgan fingerprint density at radius 1 is 1.27 bits per heavy atom. The van der Waals surface area contributed by atoms with Gasteiger partial charge in [0.2, 0.25) is 0 Å². The fraction of sp³-hybridized carbons (Fsp3) is 0.263. The zero-order valence-electron chi connectivity index (χ0n) is 14.3. The minimum atomic E-state index is -0.384. The van der Waals surface area contributed by atoms with E-state index in [4.69, 9.17) is 4.74 Å². The number of amides is 1. The van der Waals surface area contributed by atoms with Gasteiger partial charge < -0.3 is 9.84 Å². The van der Waals surface area contributed by atoms with Gasteiger partial charge in [0.1, 0.15) is 11.5 Å². The molecule has 0 saturated carbocycles. The SMILES string of the molecule is CCCCc1ccc(OCC(=O)NN=Cc2cc(Br)cc(Br)c2O)cc1. The minimum absolute atomic E-state index is 0.0469. The topological polar surface area (TPSA) is 70.9 Å². The molecule has 0 fully saturated rings. The van der Waals surface area contributed by atoms with E-state index in [-0.39, 0.29) is 18.3 Å². The summed E-state index contributed by atoms with van der Waals surface area (Å²) in [6.45, 7) is 2.02. The summed E-state index contributed by atoms with van der Waals surface area (Å²) < 4.78 is 6.75. The number of phenolic OH excluding ortho intramolecular Hbond substituents is 1. The highest BCUT2D eigenvalue weighted by Crippen LogP contribution is 2.30. The molecule has 7 heteroatoms. The second-order valence-electron chi connectivity index (χ2n) is 5.65. The molecular weight excluding hydrogens is 464 g/mol. The number of carbonyl (C=O) groups is 1. The van der Waals surface area contributed by atoms with Gasteiger partial charge in [-0.05, 0) is 58.6 Å². The number of benzene rings is 2. The lowest BCUT2D eigenvalue weighted by molar-refractivity contribution is -0.123. The van der Waals surface area contributed by atoms with Crippen molar-refractivity contribution >= 4 is 44.0 Å². The normalized spacial score (nSPS) is 10.9. The number of carbonyl (C=O) groups excluding carboxylic acids is 1. The quantitative estimate of drug-likeness (QED) is 0.419. The van der Waals surface area contributed by atoms with Crippen LogP contribution in [0.15, 0.2) is 50.4 Å². The molecule has 2 aromatic rings. The fourth-order valence-corrected chi connectivity index (χ4v) is 3.43. The first-order valence-corrected chi connectivity index (χ1v) is 9.80. The number of unbranched alkanes of at least 4 members (excludes halogenated alkanes) is 1. The van der Waals surface area contributed by atoms with Crippen LogP contribution in [0.5, 0.6) is 11.5 Å². The Labute approximate surface area is 169 Å². The number of aromatic hydroxyl groups is 1. The lowest BCUT2D eigenvalue weighted by Gasteiger charge is -2.06. The summed E-state index contributed by atoms with van der Waals surface area (Å²) in [6, 6.07) is 11.1. The molecule has 2 aromatic carbocycles. The van der Waals surface area contributed by atoms with Crippen molar-refractivity contribution in [3.05, 3.63) is 56.5 Å². The van der Waals surface area contributed by atoms with Gasteiger partial charge in [0, 0.05) is 10.0 Å². The minimum Gasteiger partial charge on any atom is -0.506 e. The van der Waals surface area contributed by atoms with E-state index in [0.29, 0.717) is 15.8 Å². The Balaban J connectivity index is 1.82. The van der Waals surface area contributed by atoms with Crippen molar-refractivity contribution in [1.29, 1.82) is 0 Å². The molecule has 0 spiro atoms. The molecule has 5 nitrogen and oxygen atoms in total. The van der Waals surface area contributed by atoms with E-state index < -0.39 is 0 Å². The molecule has 0 saturated heterocycles. The van der Waals surface area contributed by atoms with Crippen LogP contribution in [0.4, 0.5) is 0 Å². The number of nitrogens with one attached hydrogen (secondary N) is 1. The number of hydrogen-bond acceptors (Lipinski definition) is 4. The lowest BCUT2D eigenvalue weighted by Crippen LogP contribution is -2.24. The Bertz CT molecular complexity index is 777. The Hall–Kier alpha value is -1.86. The number of phenols is 1. The molecule has 138 valence electrons. The average molecular weight is 484 g/mol. The molecule has 0 aromatic heterocycles. The highest BCUT2D eigenvalue weighted by atomic mass is 79.9. The zero-order chi connectivity index (χ0) is 18.9. The molecule has 0 aliphatic rings. The van der Waals surface area contributed by atoms with Crippen molar-refractivity contribution in [2.45, 2.75) is 26.2 Å². The van der Waals surface area contributed by atoms with E-state index in [1.807, 2.05) is 24.3 Å². The number of halogens is 2. The van der Waals surface area contributed by atoms with Crippen molar-refractivity contribution in [1.82, 2.24) is 5.43 Å². The van der Waals surface area contributed by atoms with Crippen LogP contribution >= 0.6 is 31.9 Å². The number of ether oxygens (including phenoxy) is 1. The van der Waals surface area contributed by atoms with Gasteiger partial charge >= 0.3 is 0 Å². The molecule has 26 heavy (non-hydrogen) atoms. The summed E-state index contributed by atoms with van der Waals surface area (Å²) in [4.78, 5) is 11.8. The van der Waals surface area contributed by atoms with Gasteiger partial charge in [-0.2, -0.15) is 5.10 Å². The van der Waals surface area contributed by atoms with E-state index in [1.54, 1.807) is 12.1 Å². The van der Waals surface area contributed by atoms with Crippen molar-refractivity contribution in [2.24, 2.45) is 5.10 Å². The third-order valence-electron chi connectivity index (χ3n) is 3.56. The van der Waals surface area contributed by atoms with Gasteiger partial charge in [-0.3, -0.25) is 4.79 Å². The first kappa shape index (κ1) is 20.5. The smallest absolute Gasteiger partial charge is 0.277 e. The molecule has 0 heterocycles. The highest BCUT2D eigenvalue weighted by Gasteiger charge is 2.06. The number of hydrazone groups is 1. The van der Waals surface area contributed by atoms with E-state index in [9.17, 15) is 9.90 Å². The summed E-state index contributed by atoms with van der Waals surface area (Å²) in [6.07, 6.45) is 4.73. The van der Waals surface area contributed by atoms with Crippen LogP contribution in [0.25, 0.3) is 0 Å². The molecule has 2 rings (SSSR count). The first-order chi connectivity index (χ1) is 12.5. The van der Waals surface area contributed by atoms with Gasteiger partial charge in [0.15, 0.2) is 6.61 Å². The largest absolute Gasteiger partial charge is 0.506 e. The van der Waals surface area contributed by atoms with Crippen LogP contribution in [0.1, 0.15) is 30.9 Å². The fourth-order valence-electron chi connectivity index (χ4n) is 2.17. The van der Waals surface area contributed by atoms with Gasteiger partial charge in [-0.15, -0.1) is 0 Å². The van der Waals surface area contributed by atoms with Crippen LogP contribution in [0.2, 0.25) is 0 Å². The monoisotopic (exact) mass is 482 g/mol. The molecule has 0 aliphatic heterocycles. The van der Waals surface area contributed by atoms with Gasteiger partial charge in [0.05, 0.1) is 10.7 Å². The molecule has 1 amide bonds. The Morgan fingerprint density at radius 2 is 2.00 bits per heavy atom. The third-order valence-corrected chi connectivity index (χ3v) is 4.63. The molecule has 0 atom stereocenters. The van der Waals surface area contributed by atoms with Gasteiger partial charge in [-0.1, -0.05) is 41.4 Å². The summed E-state index contributed by atoms with van der Waals surface area (Å²) in [5.41, 5.74) is 4.10. The summed E-state index contributed by atoms with van der Waals surface area (Å²) in [7, 11) is 0. The molecule has 0 bridgehead atoms. The predicted octanol–water partition coefficient (Wildman–Crippen LogP) is 4.79. The highest BCUT2D eigenvalue weighted by molar-refractivity contribution is 9.11. The van der Waals surface area contributed by atoms with E-state index in [1.165, 1.54) is 11.8 Å². The number of hydrogen-bond donors (Lipinski definition) is 2. The van der Waals surface area contributed by atoms with Crippen LogP contribution in [0.3, 0.4) is 0 Å². The van der Waals surface area contributed by atoms with Crippen molar-refractivity contribution in [2.75, 3.05) is 6.61 Å². The van der Waals surface area contributed by atoms with E-state index >= 15 is 0 Å². The summed E-state index contributed by atoms with van der Waals surface area (Å²) in [5.74, 6) is 0.299. The molecular formula is C19H20Br2N2O3. The number of aryl methyl sites for hydroxylation is 1. The first-order valence-electron chi connectivity index (χ1n) is 8.21. The summed E-state index contributed by atoms with van der Waals surface area (Å²) in [5, 5.41) is 13.8. The second kappa shape index (κ2) is 10.3. The maximum atomic E-state index is 11.8. The Kier molecular flexibility index (Phi) is 8.12. The van der Waals surface area contributed by atoms with Crippen LogP contribution in [0, 0.1) is 0 Å². The predicted molar refractivity (Wildman–Crippen MR) is 110 cm³/mol. The van der Waals surface area contributed by atoms with E-state index in [0.717, 1.165) is 23.7 Å². The number of nitrogens with zero attached hydrogens (tertiary/aromatic N) is 1. The summed E-state index contributed by atoms with van der Waals surface area (Å²) >= 11 is 6.57. The molecule has 0 unspecified atom stereocenters. The van der Waals surface area contributed by atoms with Crippen molar-refractivity contribution < 1.29 is 14.6 Å². The lowest BCUT2D eigenvalue weighted by atomic mass is 10.1. The standard InChI is InChI=1S/C19H20Br2N2O3/c1-2-3-4-13-5-7-16(8-6-13)26-12-18(24)23-22-11-14-9-15(20)10-17(21)19(14)25/h5-11,25H,2-4,12H2,1H3,(H,23,24). The maximum absolute atomic E-state index is 11.8.